The van der Waals surface area contributed by atoms with Crippen molar-refractivity contribution >= 4 is 25.4 Å². The number of primary amides is 1. The predicted molar refractivity (Wildman–Crippen MR) is 77.0 cm³/mol. The van der Waals surface area contributed by atoms with Gasteiger partial charge in [0.15, 0.2) is 5.69 Å². The first-order chi connectivity index (χ1) is 11.0. The molecule has 1 fully saturated rings. The van der Waals surface area contributed by atoms with E-state index in [1.165, 1.54) is 0 Å². The Morgan fingerprint density at radius 2 is 2.08 bits per heavy atom. The number of phosphoric ester groups is 1. The molecule has 0 unspecified atom stereocenters. The molecule has 0 spiro atoms. The first-order valence-electron chi connectivity index (χ1n) is 6.46. The Bertz CT molecular complexity index is 701. The number of phosphoric acid groups is 1. The molecular formula is C10H16N5O8P. The summed E-state index contributed by atoms with van der Waals surface area (Å²) in [5.74, 6) is -1.63. The van der Waals surface area contributed by atoms with Gasteiger partial charge in [0.2, 0.25) is 0 Å². The van der Waals surface area contributed by atoms with Gasteiger partial charge in [0, 0.05) is 0 Å². The van der Waals surface area contributed by atoms with Crippen molar-refractivity contribution in [2.75, 3.05) is 12.3 Å². The summed E-state index contributed by atoms with van der Waals surface area (Å²) < 4.78 is 21.0. The first kappa shape index (κ1) is 18.5. The summed E-state index contributed by atoms with van der Waals surface area (Å²) in [7, 11) is -4.79. The van der Waals surface area contributed by atoms with Crippen molar-refractivity contribution in [3.05, 3.63) is 12.0 Å². The van der Waals surface area contributed by atoms with Crippen LogP contribution >= 0.6 is 7.82 Å². The molecule has 2 heterocycles. The Hall–Kier alpha value is -1.86. The number of aliphatic hydroxyl groups is 2. The van der Waals surface area contributed by atoms with Crippen LogP contribution < -0.4 is 11.5 Å². The Balaban J connectivity index is 2.16. The lowest BCUT2D eigenvalue weighted by Gasteiger charge is -2.17. The second-order valence-corrected chi connectivity index (χ2v) is 6.20. The van der Waals surface area contributed by atoms with Crippen LogP contribution in [0.5, 0.6) is 0 Å². The molecule has 0 aromatic carbocycles. The van der Waals surface area contributed by atoms with Crippen molar-refractivity contribution in [1.29, 1.82) is 5.41 Å². The highest BCUT2D eigenvalue weighted by atomic mass is 31.2. The smallest absolute Gasteiger partial charge is 0.387 e. The van der Waals surface area contributed by atoms with E-state index in [0.29, 0.717) is 0 Å². The van der Waals surface area contributed by atoms with E-state index in [1.807, 2.05) is 0 Å². The summed E-state index contributed by atoms with van der Waals surface area (Å²) >= 11 is 0. The van der Waals surface area contributed by atoms with Crippen molar-refractivity contribution < 1.29 is 38.6 Å². The summed E-state index contributed by atoms with van der Waals surface area (Å²) in [5, 5.41) is 27.8. The molecule has 0 saturated carbocycles. The fraction of sp³-hybridized carbons (Fsp3) is 0.500. The van der Waals surface area contributed by atoms with Gasteiger partial charge < -0.3 is 36.2 Å². The first-order valence-corrected chi connectivity index (χ1v) is 7.99. The van der Waals surface area contributed by atoms with Crippen LogP contribution in [0, 0.1) is 5.41 Å². The van der Waals surface area contributed by atoms with Crippen LogP contribution in [0.4, 0.5) is 5.82 Å². The van der Waals surface area contributed by atoms with Gasteiger partial charge in [-0.05, 0) is 0 Å². The number of hydrogen-bond donors (Lipinski definition) is 7. The van der Waals surface area contributed by atoms with E-state index >= 15 is 0 Å². The zero-order valence-electron chi connectivity index (χ0n) is 12.0. The molecule has 2 rings (SSSR count). The number of nitrogens with one attached hydrogen (secondary N) is 1. The Kier molecular flexibility index (Phi) is 5.05. The number of amides is 1. The standard InChI is InChI=1S/C10H16N5O8P/c11-8-4(10(13)18)14-2-15(8)9(12)7-6(17)5(16)3(23-7)1-22-24(19,20)21/h2-3,5-7,12,16-17H,1,11H2,(H2,13,18)(H2,19,20,21)/t3-,5-,6-,7-/m1/s1. The van der Waals surface area contributed by atoms with Crippen LogP contribution in [0.3, 0.4) is 0 Å². The van der Waals surface area contributed by atoms with Crippen LogP contribution in [0.25, 0.3) is 0 Å². The minimum Gasteiger partial charge on any atom is -0.387 e. The number of rotatable bonds is 5. The molecule has 4 atom stereocenters. The van der Waals surface area contributed by atoms with Gasteiger partial charge in [-0.15, -0.1) is 0 Å². The lowest BCUT2D eigenvalue weighted by Crippen LogP contribution is -2.39. The number of aliphatic hydroxyl groups excluding tert-OH is 2. The van der Waals surface area contributed by atoms with Gasteiger partial charge in [-0.25, -0.2) is 9.55 Å². The van der Waals surface area contributed by atoms with Crippen molar-refractivity contribution in [2.45, 2.75) is 24.4 Å². The second-order valence-electron chi connectivity index (χ2n) is 4.96. The van der Waals surface area contributed by atoms with Crippen LogP contribution in [0.15, 0.2) is 6.33 Å². The van der Waals surface area contributed by atoms with Crippen LogP contribution in [0.2, 0.25) is 0 Å². The van der Waals surface area contributed by atoms with E-state index in [1.54, 1.807) is 0 Å². The zero-order chi connectivity index (χ0) is 18.2. The van der Waals surface area contributed by atoms with E-state index in [0.717, 1.165) is 10.9 Å². The molecular weight excluding hydrogens is 349 g/mol. The third-order valence-corrected chi connectivity index (χ3v) is 3.82. The number of carbonyl (C=O) groups excluding carboxylic acids is 1. The van der Waals surface area contributed by atoms with Gasteiger partial charge in [0.25, 0.3) is 5.91 Å². The number of aromatic nitrogens is 2. The number of ether oxygens (including phenoxy) is 1. The molecule has 14 heteroatoms. The maximum Gasteiger partial charge on any atom is 0.469 e. The van der Waals surface area contributed by atoms with Crippen molar-refractivity contribution in [1.82, 2.24) is 9.55 Å². The molecule has 1 aromatic heterocycles. The molecule has 0 aliphatic carbocycles. The quantitative estimate of drug-likeness (QED) is 0.159. The Morgan fingerprint density at radius 1 is 1.46 bits per heavy atom. The monoisotopic (exact) mass is 365 g/mol. The third-order valence-electron chi connectivity index (χ3n) is 3.34. The van der Waals surface area contributed by atoms with Gasteiger partial charge in [0.05, 0.1) is 6.61 Å². The summed E-state index contributed by atoms with van der Waals surface area (Å²) in [6, 6.07) is 0. The van der Waals surface area contributed by atoms with E-state index < -0.39 is 50.6 Å². The molecule has 1 aromatic rings. The lowest BCUT2D eigenvalue weighted by atomic mass is 10.1. The van der Waals surface area contributed by atoms with Gasteiger partial charge in [-0.1, -0.05) is 0 Å². The largest absolute Gasteiger partial charge is 0.469 e. The molecule has 0 bridgehead atoms. The van der Waals surface area contributed by atoms with Crippen LogP contribution in [-0.2, 0) is 13.8 Å². The minimum absolute atomic E-state index is 0.257. The summed E-state index contributed by atoms with van der Waals surface area (Å²) in [6.07, 6.45) is -4.84. The maximum atomic E-state index is 11.1. The topological polar surface area (TPSA) is 227 Å². The van der Waals surface area contributed by atoms with Crippen molar-refractivity contribution in [3.8, 4) is 0 Å². The van der Waals surface area contributed by atoms with Gasteiger partial charge in [-0.3, -0.25) is 19.3 Å². The molecule has 1 aliphatic rings. The molecule has 1 saturated heterocycles. The number of carbonyl (C=O) groups is 1. The van der Waals surface area contributed by atoms with Crippen molar-refractivity contribution in [2.24, 2.45) is 5.73 Å². The highest BCUT2D eigenvalue weighted by Gasteiger charge is 2.46. The second kappa shape index (κ2) is 6.57. The zero-order valence-corrected chi connectivity index (χ0v) is 12.9. The highest BCUT2D eigenvalue weighted by Crippen LogP contribution is 2.37. The van der Waals surface area contributed by atoms with Crippen LogP contribution in [0.1, 0.15) is 10.5 Å². The van der Waals surface area contributed by atoms with E-state index in [9.17, 15) is 19.6 Å². The normalized spacial score (nSPS) is 27.3. The molecule has 9 N–H and O–H groups in total. The summed E-state index contributed by atoms with van der Waals surface area (Å²) in [6.45, 7) is -0.710. The van der Waals surface area contributed by atoms with E-state index in [-0.39, 0.29) is 11.5 Å². The van der Waals surface area contributed by atoms with Gasteiger partial charge in [-0.2, -0.15) is 0 Å². The average Bonchev–Trinajstić information content (AvgIpc) is 2.98. The molecule has 1 aliphatic heterocycles. The lowest BCUT2D eigenvalue weighted by molar-refractivity contribution is -0.0103. The summed E-state index contributed by atoms with van der Waals surface area (Å²) in [5.41, 5.74) is 10.4. The number of imidazole rings is 1. The molecule has 1 amide bonds. The Morgan fingerprint density at radius 3 is 2.58 bits per heavy atom. The molecule has 24 heavy (non-hydrogen) atoms. The number of hydrogen-bond acceptors (Lipinski definition) is 9. The third kappa shape index (κ3) is 3.62. The van der Waals surface area contributed by atoms with Crippen molar-refractivity contribution in [3.63, 3.8) is 0 Å². The predicted octanol–water partition coefficient (Wildman–Crippen LogP) is -3.01. The maximum absolute atomic E-state index is 11.1. The highest BCUT2D eigenvalue weighted by molar-refractivity contribution is 7.46. The number of nitrogens with zero attached hydrogens (tertiary/aromatic N) is 2. The average molecular weight is 365 g/mol. The number of anilines is 1. The van der Waals surface area contributed by atoms with E-state index in [4.69, 9.17) is 31.4 Å². The Labute approximate surface area is 134 Å². The van der Waals surface area contributed by atoms with E-state index in [2.05, 4.69) is 9.51 Å². The molecule has 13 nitrogen and oxygen atoms in total. The fourth-order valence-electron chi connectivity index (χ4n) is 2.16. The minimum atomic E-state index is -4.79. The fourth-order valence-corrected chi connectivity index (χ4v) is 2.50. The number of nitrogens with two attached hydrogens (primary N) is 2. The SMILES string of the molecule is N=C([C@@H]1O[C@H](COP(=O)(O)O)[C@@H](O)[C@H]1O)n1cnc(C(N)=O)c1N. The molecule has 0 radical (unpaired) electrons. The summed E-state index contributed by atoms with van der Waals surface area (Å²) in [4.78, 5) is 32.0. The van der Waals surface area contributed by atoms with Gasteiger partial charge in [0.1, 0.15) is 42.4 Å². The molecule has 134 valence electrons. The number of nitrogen functional groups attached to an aromatic ring is 1. The van der Waals surface area contributed by atoms with Crippen LogP contribution in [-0.4, -0.2) is 72.3 Å². The van der Waals surface area contributed by atoms with Gasteiger partial charge >= 0.3 is 7.82 Å².